The van der Waals surface area contributed by atoms with Crippen LogP contribution in [0.2, 0.25) is 5.02 Å². The molecule has 0 aromatic heterocycles. The maximum atomic E-state index is 12.5. The van der Waals surface area contributed by atoms with Crippen LogP contribution in [-0.2, 0) is 0 Å². The Morgan fingerprint density at radius 3 is 3.05 bits per heavy atom. The number of hydrogen-bond donors (Lipinski definition) is 2. The van der Waals surface area contributed by atoms with E-state index in [4.69, 9.17) is 16.7 Å². The number of nitrogens with zero attached hydrogens (tertiary/aromatic N) is 1. The molecule has 0 saturated carbocycles. The first-order valence-electron chi connectivity index (χ1n) is 7.74. The predicted octanol–water partition coefficient (Wildman–Crippen LogP) is 3.68. The highest BCUT2D eigenvalue weighted by atomic mass is 35.5. The zero-order valence-electron chi connectivity index (χ0n) is 12.8. The van der Waals surface area contributed by atoms with Crippen LogP contribution in [-0.4, -0.2) is 41.5 Å². The van der Waals surface area contributed by atoms with Gasteiger partial charge in [-0.15, -0.1) is 11.8 Å². The molecule has 1 aliphatic rings. The second kappa shape index (κ2) is 8.65. The van der Waals surface area contributed by atoms with E-state index < -0.39 is 0 Å². The van der Waals surface area contributed by atoms with Crippen molar-refractivity contribution in [1.29, 1.82) is 0 Å². The molecule has 1 atom stereocenters. The smallest absolute Gasteiger partial charge is 0.317 e. The second-order valence-electron chi connectivity index (χ2n) is 5.39. The summed E-state index contributed by atoms with van der Waals surface area (Å²) in [7, 11) is 0. The first-order valence-corrected chi connectivity index (χ1v) is 9.10. The Morgan fingerprint density at radius 2 is 2.32 bits per heavy atom. The molecule has 0 radical (unpaired) electrons. The van der Waals surface area contributed by atoms with Crippen LogP contribution in [0, 0.1) is 0 Å². The second-order valence-corrected chi connectivity index (χ2v) is 6.96. The van der Waals surface area contributed by atoms with E-state index in [2.05, 4.69) is 12.2 Å². The number of carbonyl (C=O) groups excluding carboxylic acids is 1. The minimum atomic E-state index is -0.106. The third kappa shape index (κ3) is 4.54. The van der Waals surface area contributed by atoms with Gasteiger partial charge in [0.05, 0.1) is 12.6 Å². The summed E-state index contributed by atoms with van der Waals surface area (Å²) in [5.74, 6) is 0.981. The SMILES string of the molecule is CCCCN(CCO)C(=O)NC1CCSc2ccc(Cl)cc21. The normalized spacial score (nSPS) is 17.0. The number of nitrogens with one attached hydrogen (secondary N) is 1. The highest BCUT2D eigenvalue weighted by Crippen LogP contribution is 2.37. The molecule has 0 aliphatic carbocycles. The van der Waals surface area contributed by atoms with Gasteiger partial charge in [0.1, 0.15) is 0 Å². The summed E-state index contributed by atoms with van der Waals surface area (Å²) in [5, 5.41) is 12.9. The van der Waals surface area contributed by atoms with Crippen molar-refractivity contribution in [2.45, 2.75) is 37.1 Å². The first-order chi connectivity index (χ1) is 10.7. The lowest BCUT2D eigenvalue weighted by atomic mass is 10.0. The van der Waals surface area contributed by atoms with Gasteiger partial charge in [-0.25, -0.2) is 4.79 Å². The number of aliphatic hydroxyl groups is 1. The Kier molecular flexibility index (Phi) is 6.86. The van der Waals surface area contributed by atoms with Crippen molar-refractivity contribution in [3.8, 4) is 0 Å². The lowest BCUT2D eigenvalue weighted by molar-refractivity contribution is 0.172. The van der Waals surface area contributed by atoms with Gasteiger partial charge in [-0.1, -0.05) is 24.9 Å². The predicted molar refractivity (Wildman–Crippen MR) is 91.6 cm³/mol. The minimum absolute atomic E-state index is 0.00901. The van der Waals surface area contributed by atoms with Crippen LogP contribution in [0.5, 0.6) is 0 Å². The molecule has 2 N–H and O–H groups in total. The van der Waals surface area contributed by atoms with E-state index in [0.717, 1.165) is 30.6 Å². The average Bonchev–Trinajstić information content (AvgIpc) is 2.52. The first kappa shape index (κ1) is 17.4. The topological polar surface area (TPSA) is 52.6 Å². The molecule has 122 valence electrons. The molecule has 1 aromatic rings. The van der Waals surface area contributed by atoms with Crippen LogP contribution in [0.15, 0.2) is 23.1 Å². The van der Waals surface area contributed by atoms with E-state index in [1.807, 2.05) is 18.2 Å². The Labute approximate surface area is 141 Å². The van der Waals surface area contributed by atoms with Crippen molar-refractivity contribution in [1.82, 2.24) is 10.2 Å². The van der Waals surface area contributed by atoms with Gasteiger partial charge in [0.15, 0.2) is 0 Å². The van der Waals surface area contributed by atoms with Crippen LogP contribution in [0.4, 0.5) is 4.79 Å². The van der Waals surface area contributed by atoms with Crippen molar-refractivity contribution in [2.75, 3.05) is 25.4 Å². The Hall–Kier alpha value is -0.910. The quantitative estimate of drug-likeness (QED) is 0.829. The standard InChI is InChI=1S/C16H23ClN2O2S/c1-2-3-7-19(8-9-20)16(21)18-14-6-10-22-15-5-4-12(17)11-13(14)15/h4-5,11,14,20H,2-3,6-10H2,1H3,(H,18,21). The van der Waals surface area contributed by atoms with Crippen LogP contribution in [0.1, 0.15) is 37.8 Å². The van der Waals surface area contributed by atoms with Crippen molar-refractivity contribution in [3.63, 3.8) is 0 Å². The van der Waals surface area contributed by atoms with E-state index in [1.165, 1.54) is 4.90 Å². The van der Waals surface area contributed by atoms with Crippen LogP contribution < -0.4 is 5.32 Å². The summed E-state index contributed by atoms with van der Waals surface area (Å²) in [5.41, 5.74) is 1.09. The maximum Gasteiger partial charge on any atom is 0.317 e. The van der Waals surface area contributed by atoms with Crippen molar-refractivity contribution < 1.29 is 9.90 Å². The third-order valence-electron chi connectivity index (χ3n) is 3.75. The number of halogens is 1. The fourth-order valence-corrected chi connectivity index (χ4v) is 3.83. The molecular weight excluding hydrogens is 320 g/mol. The number of unbranched alkanes of at least 4 members (excludes halogenated alkanes) is 1. The number of aliphatic hydroxyl groups excluding tert-OH is 1. The van der Waals surface area contributed by atoms with Crippen LogP contribution >= 0.6 is 23.4 Å². The van der Waals surface area contributed by atoms with Gasteiger partial charge < -0.3 is 15.3 Å². The largest absolute Gasteiger partial charge is 0.395 e. The maximum absolute atomic E-state index is 12.5. The highest BCUT2D eigenvalue weighted by molar-refractivity contribution is 7.99. The van der Waals surface area contributed by atoms with Gasteiger partial charge >= 0.3 is 6.03 Å². The molecular formula is C16H23ClN2O2S. The van der Waals surface area contributed by atoms with Gasteiger partial charge in [0.2, 0.25) is 0 Å². The molecule has 1 aliphatic heterocycles. The molecule has 2 amide bonds. The summed E-state index contributed by atoms with van der Waals surface area (Å²) in [4.78, 5) is 15.3. The van der Waals surface area contributed by atoms with E-state index in [0.29, 0.717) is 18.1 Å². The number of benzene rings is 1. The summed E-state index contributed by atoms with van der Waals surface area (Å²) in [6, 6.07) is 5.73. The van der Waals surface area contributed by atoms with Gasteiger partial charge in [0, 0.05) is 28.8 Å². The third-order valence-corrected chi connectivity index (χ3v) is 5.11. The van der Waals surface area contributed by atoms with Gasteiger partial charge in [0.25, 0.3) is 0 Å². The van der Waals surface area contributed by atoms with E-state index in [-0.39, 0.29) is 18.7 Å². The molecule has 4 nitrogen and oxygen atoms in total. The summed E-state index contributed by atoms with van der Waals surface area (Å²) < 4.78 is 0. The van der Waals surface area contributed by atoms with Gasteiger partial charge in [-0.05, 0) is 36.6 Å². The molecule has 1 aromatic carbocycles. The highest BCUT2D eigenvalue weighted by Gasteiger charge is 2.24. The number of carbonyl (C=O) groups is 1. The van der Waals surface area contributed by atoms with Crippen LogP contribution in [0.25, 0.3) is 0 Å². The van der Waals surface area contributed by atoms with Gasteiger partial charge in [-0.2, -0.15) is 0 Å². The van der Waals surface area contributed by atoms with Crippen LogP contribution in [0.3, 0.4) is 0 Å². The van der Waals surface area contributed by atoms with E-state index in [9.17, 15) is 4.79 Å². The number of thioether (sulfide) groups is 1. The molecule has 1 heterocycles. The number of fused-ring (bicyclic) bond motifs is 1. The molecule has 0 saturated heterocycles. The molecule has 0 spiro atoms. The Balaban J connectivity index is 2.06. The summed E-state index contributed by atoms with van der Waals surface area (Å²) in [6.07, 6.45) is 2.86. The Morgan fingerprint density at radius 1 is 1.50 bits per heavy atom. The number of urea groups is 1. The lowest BCUT2D eigenvalue weighted by Gasteiger charge is -2.29. The van der Waals surface area contributed by atoms with Crippen molar-refractivity contribution in [2.24, 2.45) is 0 Å². The molecule has 0 bridgehead atoms. The molecule has 22 heavy (non-hydrogen) atoms. The average molecular weight is 343 g/mol. The molecule has 2 rings (SSSR count). The number of amides is 2. The monoisotopic (exact) mass is 342 g/mol. The van der Waals surface area contributed by atoms with E-state index >= 15 is 0 Å². The summed E-state index contributed by atoms with van der Waals surface area (Å²) >= 11 is 7.89. The van der Waals surface area contributed by atoms with E-state index in [1.54, 1.807) is 16.7 Å². The molecule has 0 fully saturated rings. The summed E-state index contributed by atoms with van der Waals surface area (Å²) in [6.45, 7) is 3.12. The van der Waals surface area contributed by atoms with Crippen molar-refractivity contribution >= 4 is 29.4 Å². The molecule has 1 unspecified atom stereocenters. The van der Waals surface area contributed by atoms with Gasteiger partial charge in [-0.3, -0.25) is 0 Å². The number of hydrogen-bond acceptors (Lipinski definition) is 3. The Bertz CT molecular complexity index is 513. The minimum Gasteiger partial charge on any atom is -0.395 e. The zero-order valence-corrected chi connectivity index (χ0v) is 14.4. The lowest BCUT2D eigenvalue weighted by Crippen LogP contribution is -2.44. The fourth-order valence-electron chi connectivity index (χ4n) is 2.54. The number of rotatable bonds is 6. The fraction of sp³-hybridized carbons (Fsp3) is 0.562. The van der Waals surface area contributed by atoms with Crippen molar-refractivity contribution in [3.05, 3.63) is 28.8 Å². The molecule has 6 heteroatoms. The zero-order chi connectivity index (χ0) is 15.9.